The quantitative estimate of drug-likeness (QED) is 0.427. The second-order valence-electron chi connectivity index (χ2n) is 7.11. The lowest BCUT2D eigenvalue weighted by molar-refractivity contribution is -0.163. The first-order valence-electron chi connectivity index (χ1n) is 9.41. The van der Waals surface area contributed by atoms with Gasteiger partial charge in [-0.05, 0) is 50.6 Å². The van der Waals surface area contributed by atoms with Crippen LogP contribution in [-0.2, 0) is 22.7 Å². The van der Waals surface area contributed by atoms with Gasteiger partial charge in [0.1, 0.15) is 0 Å². The Morgan fingerprint density at radius 3 is 1.86 bits per heavy atom. The van der Waals surface area contributed by atoms with E-state index in [1.165, 1.54) is 6.92 Å². The van der Waals surface area contributed by atoms with Gasteiger partial charge < -0.3 is 10.2 Å². The Balaban J connectivity index is 1.88. The normalized spacial score (nSPS) is 11.5. The maximum Gasteiger partial charge on any atom is 0.320 e. The third kappa shape index (κ3) is 6.42. The molecule has 2 heterocycles. The van der Waals surface area contributed by atoms with Gasteiger partial charge in [0.25, 0.3) is 0 Å². The molecule has 0 aliphatic heterocycles. The number of carboxylic acid groups (broad SMARTS) is 2. The van der Waals surface area contributed by atoms with Crippen LogP contribution in [0.15, 0.2) is 48.8 Å². The molecular weight excluding hydrogens is 358 g/mol. The molecule has 150 valence electrons. The molecule has 7 nitrogen and oxygen atoms in total. The Bertz CT molecular complexity index is 697. The molecule has 0 saturated heterocycles. The Hall–Kier alpha value is -2.80. The molecule has 0 aromatic carbocycles. The fraction of sp³-hybridized carbons (Fsp3) is 0.429. The number of aromatic nitrogens is 2. The fourth-order valence-corrected chi connectivity index (χ4v) is 2.95. The van der Waals surface area contributed by atoms with Gasteiger partial charge in [-0.15, -0.1) is 0 Å². The number of carbonyl (C=O) groups is 2. The Morgan fingerprint density at radius 2 is 1.43 bits per heavy atom. The van der Waals surface area contributed by atoms with Crippen LogP contribution in [0.4, 0.5) is 0 Å². The first kappa shape index (κ1) is 21.5. The third-order valence-corrected chi connectivity index (χ3v) is 4.82. The standard InChI is InChI=1S/C21H27N3O4/c1-21(19(25)26,20(27)28)11-5-2-8-14-24(15-17-9-3-6-12-22-17)16-18-10-4-7-13-23-18/h3-4,6-7,9-10,12-13H,2,5,8,11,14-16H2,1H3,(H,25,26)(H,27,28). The minimum absolute atomic E-state index is 0.123. The van der Waals surface area contributed by atoms with Crippen molar-refractivity contribution in [1.29, 1.82) is 0 Å². The summed E-state index contributed by atoms with van der Waals surface area (Å²) in [5.41, 5.74) is 0.229. The second kappa shape index (κ2) is 10.5. The maximum atomic E-state index is 11.2. The highest BCUT2D eigenvalue weighted by Gasteiger charge is 2.40. The van der Waals surface area contributed by atoms with Gasteiger partial charge >= 0.3 is 11.9 Å². The molecule has 0 saturated carbocycles. The van der Waals surface area contributed by atoms with Crippen molar-refractivity contribution in [2.75, 3.05) is 6.54 Å². The van der Waals surface area contributed by atoms with Crippen molar-refractivity contribution < 1.29 is 19.8 Å². The summed E-state index contributed by atoms with van der Waals surface area (Å²) in [6.07, 6.45) is 5.82. The number of rotatable bonds is 12. The third-order valence-electron chi connectivity index (χ3n) is 4.82. The predicted octanol–water partition coefficient (Wildman–Crippen LogP) is 3.21. The van der Waals surface area contributed by atoms with Crippen molar-refractivity contribution in [1.82, 2.24) is 14.9 Å². The molecule has 0 radical (unpaired) electrons. The summed E-state index contributed by atoms with van der Waals surface area (Å²) in [5.74, 6) is -2.57. The lowest BCUT2D eigenvalue weighted by Gasteiger charge is -2.22. The van der Waals surface area contributed by atoms with Gasteiger partial charge in [-0.3, -0.25) is 24.5 Å². The number of carboxylic acids is 2. The highest BCUT2D eigenvalue weighted by atomic mass is 16.4. The van der Waals surface area contributed by atoms with E-state index in [9.17, 15) is 19.8 Å². The van der Waals surface area contributed by atoms with Crippen molar-refractivity contribution in [3.8, 4) is 0 Å². The summed E-state index contributed by atoms with van der Waals surface area (Å²) >= 11 is 0. The van der Waals surface area contributed by atoms with E-state index in [1.54, 1.807) is 12.4 Å². The molecule has 2 N–H and O–H groups in total. The van der Waals surface area contributed by atoms with E-state index in [-0.39, 0.29) is 6.42 Å². The van der Waals surface area contributed by atoms with Gasteiger partial charge in [-0.2, -0.15) is 0 Å². The van der Waals surface area contributed by atoms with Crippen LogP contribution in [0.1, 0.15) is 44.0 Å². The fourth-order valence-electron chi connectivity index (χ4n) is 2.95. The molecule has 0 aliphatic carbocycles. The minimum Gasteiger partial charge on any atom is -0.480 e. The number of aliphatic carboxylic acids is 2. The van der Waals surface area contributed by atoms with Gasteiger partial charge in [0.15, 0.2) is 5.41 Å². The van der Waals surface area contributed by atoms with E-state index in [0.29, 0.717) is 19.5 Å². The second-order valence-corrected chi connectivity index (χ2v) is 7.11. The number of pyridine rings is 2. The Labute approximate surface area is 165 Å². The van der Waals surface area contributed by atoms with Crippen LogP contribution in [0, 0.1) is 5.41 Å². The van der Waals surface area contributed by atoms with Crippen molar-refractivity contribution in [3.05, 3.63) is 60.2 Å². The molecule has 28 heavy (non-hydrogen) atoms. The smallest absolute Gasteiger partial charge is 0.320 e. The maximum absolute atomic E-state index is 11.2. The zero-order chi connectivity index (χ0) is 20.4. The molecule has 0 fully saturated rings. The van der Waals surface area contributed by atoms with Crippen molar-refractivity contribution in [2.45, 2.75) is 45.7 Å². The molecule has 0 spiro atoms. The molecule has 2 aromatic rings. The molecule has 0 aliphatic rings. The summed E-state index contributed by atoms with van der Waals surface area (Å²) in [4.78, 5) is 33.5. The summed E-state index contributed by atoms with van der Waals surface area (Å²) in [6.45, 7) is 3.45. The van der Waals surface area contributed by atoms with Crippen LogP contribution in [-0.4, -0.2) is 43.6 Å². The first-order valence-corrected chi connectivity index (χ1v) is 9.41. The van der Waals surface area contributed by atoms with Crippen LogP contribution in [0.25, 0.3) is 0 Å². The lowest BCUT2D eigenvalue weighted by atomic mass is 9.85. The lowest BCUT2D eigenvalue weighted by Crippen LogP contribution is -2.36. The highest BCUT2D eigenvalue weighted by molar-refractivity contribution is 5.97. The number of unbranched alkanes of at least 4 members (excludes halogenated alkanes) is 2. The van der Waals surface area contributed by atoms with Crippen LogP contribution < -0.4 is 0 Å². The van der Waals surface area contributed by atoms with Gasteiger partial charge in [0, 0.05) is 25.5 Å². The van der Waals surface area contributed by atoms with E-state index < -0.39 is 17.4 Å². The molecule has 7 heteroatoms. The summed E-state index contributed by atoms with van der Waals surface area (Å²) in [6, 6.07) is 11.6. The zero-order valence-corrected chi connectivity index (χ0v) is 16.1. The Kier molecular flexibility index (Phi) is 8.07. The van der Waals surface area contributed by atoms with Crippen LogP contribution in [0.5, 0.6) is 0 Å². The van der Waals surface area contributed by atoms with Crippen LogP contribution in [0.2, 0.25) is 0 Å². The molecular formula is C21H27N3O4. The average molecular weight is 385 g/mol. The first-order chi connectivity index (χ1) is 13.4. The summed E-state index contributed by atoms with van der Waals surface area (Å²) in [5, 5.41) is 18.3. The van der Waals surface area contributed by atoms with Crippen LogP contribution in [0.3, 0.4) is 0 Å². The van der Waals surface area contributed by atoms with E-state index >= 15 is 0 Å². The largest absolute Gasteiger partial charge is 0.480 e. The van der Waals surface area contributed by atoms with E-state index in [4.69, 9.17) is 0 Å². The van der Waals surface area contributed by atoms with E-state index in [1.807, 2.05) is 36.4 Å². The van der Waals surface area contributed by atoms with Crippen LogP contribution >= 0.6 is 0 Å². The summed E-state index contributed by atoms with van der Waals surface area (Å²) < 4.78 is 0. The summed E-state index contributed by atoms with van der Waals surface area (Å²) in [7, 11) is 0. The SMILES string of the molecule is CC(CCCCCN(Cc1ccccn1)Cc1ccccn1)(C(=O)O)C(=O)O. The van der Waals surface area contributed by atoms with Crippen molar-refractivity contribution in [2.24, 2.45) is 5.41 Å². The monoisotopic (exact) mass is 385 g/mol. The van der Waals surface area contributed by atoms with Gasteiger partial charge in [0.2, 0.25) is 0 Å². The number of hydrogen-bond acceptors (Lipinski definition) is 5. The highest BCUT2D eigenvalue weighted by Crippen LogP contribution is 2.25. The van der Waals surface area contributed by atoms with Gasteiger partial charge in [-0.1, -0.05) is 25.0 Å². The van der Waals surface area contributed by atoms with E-state index in [0.717, 1.165) is 30.8 Å². The topological polar surface area (TPSA) is 104 Å². The molecule has 0 unspecified atom stereocenters. The van der Waals surface area contributed by atoms with Crippen molar-refractivity contribution in [3.63, 3.8) is 0 Å². The molecule has 0 atom stereocenters. The predicted molar refractivity (Wildman–Crippen MR) is 104 cm³/mol. The van der Waals surface area contributed by atoms with E-state index in [2.05, 4.69) is 14.9 Å². The number of nitrogens with zero attached hydrogens (tertiary/aromatic N) is 3. The molecule has 0 bridgehead atoms. The average Bonchev–Trinajstić information content (AvgIpc) is 2.68. The van der Waals surface area contributed by atoms with Crippen molar-refractivity contribution >= 4 is 11.9 Å². The molecule has 2 rings (SSSR count). The minimum atomic E-state index is -1.72. The molecule has 2 aromatic heterocycles. The van der Waals surface area contributed by atoms with Gasteiger partial charge in [0.05, 0.1) is 11.4 Å². The Morgan fingerprint density at radius 1 is 0.893 bits per heavy atom. The molecule has 0 amide bonds. The van der Waals surface area contributed by atoms with Gasteiger partial charge in [-0.25, -0.2) is 0 Å². The zero-order valence-electron chi connectivity index (χ0n) is 16.1. The number of hydrogen-bond donors (Lipinski definition) is 2.